The normalized spacial score (nSPS) is 19.8. The number of nitrogens with zero attached hydrogens (tertiary/aromatic N) is 1. The summed E-state index contributed by atoms with van der Waals surface area (Å²) in [5.41, 5.74) is 1.35. The van der Waals surface area contributed by atoms with E-state index in [1.54, 1.807) is 13.0 Å². The molecule has 17 heavy (non-hydrogen) atoms. The molecule has 0 N–H and O–H groups in total. The third kappa shape index (κ3) is 5.14. The third-order valence-corrected chi connectivity index (χ3v) is 3.26. The highest BCUT2D eigenvalue weighted by molar-refractivity contribution is 5.78. The van der Waals surface area contributed by atoms with E-state index in [0.717, 1.165) is 32.5 Å². The molecule has 1 aliphatic rings. The Morgan fingerprint density at radius 1 is 1.29 bits per heavy atom. The second kappa shape index (κ2) is 7.23. The molecule has 1 fully saturated rings. The highest BCUT2D eigenvalue weighted by Crippen LogP contribution is 2.18. The Kier molecular flexibility index (Phi) is 5.92. The molecule has 0 spiro atoms. The van der Waals surface area contributed by atoms with Crippen molar-refractivity contribution >= 4 is 5.78 Å². The highest BCUT2D eigenvalue weighted by Gasteiger charge is 2.21. The smallest absolute Gasteiger partial charge is 0.133 e. The van der Waals surface area contributed by atoms with Crippen molar-refractivity contribution in [1.29, 1.82) is 0 Å². The van der Waals surface area contributed by atoms with Gasteiger partial charge in [0.1, 0.15) is 5.78 Å². The third-order valence-electron chi connectivity index (χ3n) is 3.26. The first kappa shape index (κ1) is 13.9. The molecule has 1 heterocycles. The van der Waals surface area contributed by atoms with Gasteiger partial charge in [-0.25, -0.2) is 0 Å². The van der Waals surface area contributed by atoms with Crippen molar-refractivity contribution in [3.05, 3.63) is 36.5 Å². The quantitative estimate of drug-likeness (QED) is 0.680. The summed E-state index contributed by atoms with van der Waals surface area (Å²) in [7, 11) is 0. The van der Waals surface area contributed by atoms with E-state index in [1.165, 1.54) is 5.57 Å². The molecule has 2 heteroatoms. The van der Waals surface area contributed by atoms with Crippen LogP contribution >= 0.6 is 0 Å². The molecule has 0 amide bonds. The highest BCUT2D eigenvalue weighted by atomic mass is 16.1. The molecule has 0 saturated carbocycles. The summed E-state index contributed by atoms with van der Waals surface area (Å²) in [6.45, 7) is 10.6. The van der Waals surface area contributed by atoms with Crippen molar-refractivity contribution in [3.63, 3.8) is 0 Å². The van der Waals surface area contributed by atoms with Crippen LogP contribution in [0.15, 0.2) is 36.5 Å². The number of piperidine rings is 1. The number of likely N-dealkylation sites (tertiary alicyclic amines) is 1. The Morgan fingerprint density at radius 2 is 1.94 bits per heavy atom. The van der Waals surface area contributed by atoms with Gasteiger partial charge in [0.15, 0.2) is 0 Å². The van der Waals surface area contributed by atoms with Gasteiger partial charge in [0, 0.05) is 12.5 Å². The molecule has 1 aliphatic heterocycles. The maximum Gasteiger partial charge on any atom is 0.133 e. The Bertz CT molecular complexity index is 320. The molecule has 1 saturated heterocycles. The Labute approximate surface area is 105 Å². The second-order valence-corrected chi connectivity index (χ2v) is 4.79. The summed E-state index contributed by atoms with van der Waals surface area (Å²) in [4.78, 5) is 13.7. The van der Waals surface area contributed by atoms with Crippen LogP contribution in [-0.2, 0) is 4.79 Å². The lowest BCUT2D eigenvalue weighted by molar-refractivity contribution is -0.122. The fourth-order valence-electron chi connectivity index (χ4n) is 2.20. The van der Waals surface area contributed by atoms with Crippen molar-refractivity contribution in [2.45, 2.75) is 26.7 Å². The van der Waals surface area contributed by atoms with Crippen LogP contribution in [0.4, 0.5) is 0 Å². The van der Waals surface area contributed by atoms with Gasteiger partial charge in [-0.2, -0.15) is 0 Å². The van der Waals surface area contributed by atoms with Crippen molar-refractivity contribution in [1.82, 2.24) is 4.90 Å². The molecule has 94 valence electrons. The molecule has 2 nitrogen and oxygen atoms in total. The number of hydrogen-bond donors (Lipinski definition) is 0. The zero-order valence-electron chi connectivity index (χ0n) is 11.0. The van der Waals surface area contributed by atoms with Crippen molar-refractivity contribution < 1.29 is 4.79 Å². The molecule has 0 aromatic carbocycles. The molecule has 0 unspecified atom stereocenters. The van der Waals surface area contributed by atoms with E-state index in [9.17, 15) is 4.79 Å². The van der Waals surface area contributed by atoms with Crippen LogP contribution in [-0.4, -0.2) is 30.3 Å². The fourth-order valence-corrected chi connectivity index (χ4v) is 2.20. The summed E-state index contributed by atoms with van der Waals surface area (Å²) >= 11 is 0. The van der Waals surface area contributed by atoms with Crippen LogP contribution in [0, 0.1) is 5.92 Å². The topological polar surface area (TPSA) is 20.3 Å². The molecule has 0 atom stereocenters. The number of carbonyl (C=O) groups is 1. The number of hydrogen-bond acceptors (Lipinski definition) is 2. The van der Waals surface area contributed by atoms with Crippen molar-refractivity contribution in [2.75, 3.05) is 19.6 Å². The van der Waals surface area contributed by atoms with E-state index in [0.29, 0.717) is 11.7 Å². The van der Waals surface area contributed by atoms with Crippen molar-refractivity contribution in [3.8, 4) is 0 Å². The van der Waals surface area contributed by atoms with E-state index < -0.39 is 0 Å². The van der Waals surface area contributed by atoms with Gasteiger partial charge in [-0.3, -0.25) is 9.69 Å². The zero-order chi connectivity index (χ0) is 12.7. The minimum absolute atomic E-state index is 0.302. The largest absolute Gasteiger partial charge is 0.300 e. The number of rotatable bonds is 5. The van der Waals surface area contributed by atoms with Gasteiger partial charge in [0.2, 0.25) is 0 Å². The van der Waals surface area contributed by atoms with E-state index in [2.05, 4.69) is 24.5 Å². The van der Waals surface area contributed by atoms with E-state index in [-0.39, 0.29) is 0 Å². The molecular weight excluding hydrogens is 210 g/mol. The first-order chi connectivity index (χ1) is 8.13. The van der Waals surface area contributed by atoms with E-state index in [1.807, 2.05) is 12.2 Å². The molecule has 0 bridgehead atoms. The van der Waals surface area contributed by atoms with Crippen LogP contribution < -0.4 is 0 Å². The number of Topliss-reactive ketones (excluding diaryl/α,β-unsaturated/α-hetero) is 1. The van der Waals surface area contributed by atoms with Gasteiger partial charge in [-0.15, -0.1) is 0 Å². The summed E-state index contributed by atoms with van der Waals surface area (Å²) in [6, 6.07) is 0. The number of allylic oxidation sites excluding steroid dienone is 4. The lowest BCUT2D eigenvalue weighted by atomic mass is 9.93. The van der Waals surface area contributed by atoms with Crippen LogP contribution in [0.2, 0.25) is 0 Å². The van der Waals surface area contributed by atoms with Crippen LogP contribution in [0.25, 0.3) is 0 Å². The molecular formula is C15H23NO. The number of carbonyl (C=O) groups excluding carboxylic acids is 1. The maximum absolute atomic E-state index is 11.3. The predicted molar refractivity (Wildman–Crippen MR) is 72.9 cm³/mol. The summed E-state index contributed by atoms with van der Waals surface area (Å²) in [5, 5.41) is 0. The van der Waals surface area contributed by atoms with Gasteiger partial charge < -0.3 is 0 Å². The number of ketones is 1. The molecule has 0 radical (unpaired) electrons. The fraction of sp³-hybridized carbons (Fsp3) is 0.533. The van der Waals surface area contributed by atoms with Crippen LogP contribution in [0.1, 0.15) is 26.7 Å². The van der Waals surface area contributed by atoms with Gasteiger partial charge in [0.25, 0.3) is 0 Å². The lowest BCUT2D eigenvalue weighted by Gasteiger charge is -2.30. The van der Waals surface area contributed by atoms with Gasteiger partial charge in [-0.1, -0.05) is 36.5 Å². The van der Waals surface area contributed by atoms with Crippen LogP contribution in [0.3, 0.4) is 0 Å². The average molecular weight is 233 g/mol. The summed E-state index contributed by atoms with van der Waals surface area (Å²) in [5.74, 6) is 0.655. The first-order valence-electron chi connectivity index (χ1n) is 6.31. The predicted octanol–water partition coefficient (Wildman–Crippen LogP) is 2.98. The molecule has 0 aromatic heterocycles. The maximum atomic E-state index is 11.3. The lowest BCUT2D eigenvalue weighted by Crippen LogP contribution is -2.36. The monoisotopic (exact) mass is 233 g/mol. The van der Waals surface area contributed by atoms with E-state index in [4.69, 9.17) is 0 Å². The minimum atomic E-state index is 0.302. The second-order valence-electron chi connectivity index (χ2n) is 4.79. The minimum Gasteiger partial charge on any atom is -0.300 e. The van der Waals surface area contributed by atoms with E-state index >= 15 is 0 Å². The Morgan fingerprint density at radius 3 is 2.47 bits per heavy atom. The standard InChI is InChI=1S/C15H23NO/c1-4-5-6-7-13(2)12-16-10-8-15(9-11-16)14(3)17/h4-7,15H,1,8-12H2,2-3H3/b6-5-,13-7+. The Balaban J connectivity index is 2.35. The summed E-state index contributed by atoms with van der Waals surface area (Å²) < 4.78 is 0. The molecule has 1 rings (SSSR count). The van der Waals surface area contributed by atoms with Gasteiger partial charge in [-0.05, 0) is 39.8 Å². The molecule has 0 aliphatic carbocycles. The van der Waals surface area contributed by atoms with Gasteiger partial charge in [0.05, 0.1) is 0 Å². The molecule has 0 aromatic rings. The first-order valence-corrected chi connectivity index (χ1v) is 6.31. The Hall–Kier alpha value is -1.15. The van der Waals surface area contributed by atoms with Gasteiger partial charge >= 0.3 is 0 Å². The SMILES string of the molecule is C=C/C=C\C=C(/C)CN1CCC(C(C)=O)CC1. The van der Waals surface area contributed by atoms with Crippen molar-refractivity contribution in [2.24, 2.45) is 5.92 Å². The zero-order valence-corrected chi connectivity index (χ0v) is 11.0. The summed E-state index contributed by atoms with van der Waals surface area (Å²) in [6.07, 6.45) is 9.90. The van der Waals surface area contributed by atoms with Crippen LogP contribution in [0.5, 0.6) is 0 Å². The average Bonchev–Trinajstić information content (AvgIpc) is 2.30.